The van der Waals surface area contributed by atoms with Crippen LogP contribution in [-0.2, 0) is 19.5 Å². The molecule has 1 aromatic carbocycles. The molecule has 0 saturated carbocycles. The lowest BCUT2D eigenvalue weighted by atomic mass is 9.90. The van der Waals surface area contributed by atoms with Crippen LogP contribution in [0.4, 0.5) is 4.79 Å². The van der Waals surface area contributed by atoms with Crippen molar-refractivity contribution in [3.63, 3.8) is 0 Å². The lowest BCUT2D eigenvalue weighted by Crippen LogP contribution is -2.41. The fourth-order valence-electron chi connectivity index (χ4n) is 4.02. The molecule has 6 heteroatoms. The van der Waals surface area contributed by atoms with Crippen molar-refractivity contribution in [1.82, 2.24) is 5.32 Å². The third-order valence-corrected chi connectivity index (χ3v) is 9.35. The van der Waals surface area contributed by atoms with Gasteiger partial charge < -0.3 is 10.1 Å². The monoisotopic (exact) mass is 437 g/mol. The van der Waals surface area contributed by atoms with Crippen LogP contribution in [0.1, 0.15) is 91.8 Å². The molecule has 1 N–H and O–H groups in total. The Bertz CT molecular complexity index is 781. The summed E-state index contributed by atoms with van der Waals surface area (Å²) in [5, 5.41) is 3.09. The number of fused-ring (bicyclic) bond motifs is 1. The standard InChI is InChI=1S/C24H39NO4S/c1-9-30(28-23(5,6)24(7,8)29-30)18-14-15-19-17(16-18)12-10-11-13-20(19)25-21(26)27-22(2,3)4/h14-16,20H,9-13H2,1-8H3,(H,25,26). The summed E-state index contributed by atoms with van der Waals surface area (Å²) in [6.45, 7) is 16.3. The van der Waals surface area contributed by atoms with E-state index in [1.54, 1.807) is 0 Å². The highest BCUT2D eigenvalue weighted by Gasteiger charge is 2.54. The Morgan fingerprint density at radius 3 is 2.37 bits per heavy atom. The van der Waals surface area contributed by atoms with Gasteiger partial charge in [-0.25, -0.2) is 4.79 Å². The van der Waals surface area contributed by atoms with E-state index in [1.807, 2.05) is 20.8 Å². The van der Waals surface area contributed by atoms with Crippen LogP contribution in [0.2, 0.25) is 0 Å². The second-order valence-corrected chi connectivity index (χ2v) is 13.0. The molecule has 0 radical (unpaired) electrons. The van der Waals surface area contributed by atoms with E-state index >= 15 is 0 Å². The van der Waals surface area contributed by atoms with E-state index in [9.17, 15) is 4.79 Å². The minimum Gasteiger partial charge on any atom is -0.444 e. The molecule has 3 rings (SSSR count). The molecule has 2 aliphatic rings. The molecule has 1 aliphatic heterocycles. The Balaban J connectivity index is 1.90. The van der Waals surface area contributed by atoms with Crippen LogP contribution in [0.3, 0.4) is 0 Å². The van der Waals surface area contributed by atoms with Gasteiger partial charge in [-0.3, -0.25) is 8.37 Å². The molecule has 0 spiro atoms. The highest BCUT2D eigenvalue weighted by Crippen LogP contribution is 2.69. The molecule has 0 aromatic heterocycles. The number of hydrogen-bond donors (Lipinski definition) is 1. The van der Waals surface area contributed by atoms with Gasteiger partial charge in [-0.15, -0.1) is 0 Å². The largest absolute Gasteiger partial charge is 0.444 e. The number of amides is 1. The van der Waals surface area contributed by atoms with Crippen LogP contribution in [0, 0.1) is 0 Å². The van der Waals surface area contributed by atoms with Crippen LogP contribution in [-0.4, -0.2) is 28.6 Å². The maximum Gasteiger partial charge on any atom is 0.408 e. The average molecular weight is 438 g/mol. The molecule has 1 heterocycles. The molecule has 1 unspecified atom stereocenters. The van der Waals surface area contributed by atoms with E-state index in [1.165, 1.54) is 11.1 Å². The molecular weight excluding hydrogens is 398 g/mol. The van der Waals surface area contributed by atoms with Gasteiger partial charge in [0.2, 0.25) is 0 Å². The van der Waals surface area contributed by atoms with Crippen LogP contribution >= 0.6 is 10.6 Å². The summed E-state index contributed by atoms with van der Waals surface area (Å²) in [7, 11) is -1.82. The SMILES string of the molecule is CCS1(c2ccc3c(c2)CCCCC3NC(=O)OC(C)(C)C)OC(C)(C)C(C)(C)O1. The van der Waals surface area contributed by atoms with E-state index in [4.69, 9.17) is 13.1 Å². The van der Waals surface area contributed by atoms with Crippen LogP contribution in [0.5, 0.6) is 0 Å². The Morgan fingerprint density at radius 1 is 1.17 bits per heavy atom. The van der Waals surface area contributed by atoms with Crippen LogP contribution in [0.25, 0.3) is 0 Å². The third kappa shape index (κ3) is 4.66. The smallest absolute Gasteiger partial charge is 0.408 e. The summed E-state index contributed by atoms with van der Waals surface area (Å²) in [5.74, 6) is 0.818. The Hall–Kier alpha value is -1.24. The van der Waals surface area contributed by atoms with Crippen molar-refractivity contribution in [3.05, 3.63) is 29.3 Å². The minimum atomic E-state index is -1.82. The van der Waals surface area contributed by atoms with Crippen molar-refractivity contribution >= 4 is 16.7 Å². The van der Waals surface area contributed by atoms with Gasteiger partial charge in [0.05, 0.1) is 10.9 Å². The number of ether oxygens (including phenoxy) is 1. The number of nitrogens with one attached hydrogen (secondary N) is 1. The van der Waals surface area contributed by atoms with Crippen molar-refractivity contribution in [2.45, 2.75) is 109 Å². The topological polar surface area (TPSA) is 56.8 Å². The fourth-order valence-corrected chi connectivity index (χ4v) is 7.16. The second-order valence-electron chi connectivity index (χ2n) is 10.4. The molecule has 1 fully saturated rings. The number of rotatable bonds is 3. The zero-order valence-corrected chi connectivity index (χ0v) is 20.7. The van der Waals surface area contributed by atoms with Gasteiger partial charge in [0.25, 0.3) is 0 Å². The van der Waals surface area contributed by atoms with Gasteiger partial charge in [0, 0.05) is 5.75 Å². The van der Waals surface area contributed by atoms with Gasteiger partial charge in [0.15, 0.2) is 0 Å². The molecule has 30 heavy (non-hydrogen) atoms. The van der Waals surface area contributed by atoms with Crippen molar-refractivity contribution in [3.8, 4) is 0 Å². The molecule has 5 nitrogen and oxygen atoms in total. The normalized spacial score (nSPS) is 25.7. The molecule has 1 atom stereocenters. The van der Waals surface area contributed by atoms with Crippen LogP contribution in [0.15, 0.2) is 23.1 Å². The predicted octanol–water partition coefficient (Wildman–Crippen LogP) is 6.60. The van der Waals surface area contributed by atoms with Gasteiger partial charge >= 0.3 is 6.09 Å². The summed E-state index contributed by atoms with van der Waals surface area (Å²) >= 11 is 0. The van der Waals surface area contributed by atoms with E-state index in [0.29, 0.717) is 0 Å². The Labute approximate surface area is 184 Å². The third-order valence-electron chi connectivity index (χ3n) is 6.24. The first-order valence-corrected chi connectivity index (χ1v) is 12.8. The molecule has 1 aromatic rings. The van der Waals surface area contributed by atoms with Gasteiger partial charge in [-0.1, -0.05) is 12.5 Å². The van der Waals surface area contributed by atoms with Gasteiger partial charge in [-0.2, -0.15) is 10.6 Å². The summed E-state index contributed by atoms with van der Waals surface area (Å²) in [6, 6.07) is 6.54. The average Bonchev–Trinajstić information content (AvgIpc) is 2.73. The quantitative estimate of drug-likeness (QED) is 0.542. The lowest BCUT2D eigenvalue weighted by Gasteiger charge is -2.39. The van der Waals surface area contributed by atoms with E-state index < -0.39 is 16.2 Å². The van der Waals surface area contributed by atoms with E-state index in [2.05, 4.69) is 58.1 Å². The van der Waals surface area contributed by atoms with Crippen molar-refractivity contribution < 1.29 is 17.9 Å². The predicted molar refractivity (Wildman–Crippen MR) is 123 cm³/mol. The maximum atomic E-state index is 12.4. The fraction of sp³-hybridized carbons (Fsp3) is 0.708. The van der Waals surface area contributed by atoms with Crippen LogP contribution < -0.4 is 5.32 Å². The number of carbonyl (C=O) groups excluding carboxylic acids is 1. The van der Waals surface area contributed by atoms with Crippen molar-refractivity contribution in [2.24, 2.45) is 0 Å². The first-order valence-electron chi connectivity index (χ1n) is 11.1. The Kier molecular flexibility index (Phi) is 6.27. The molecule has 1 aliphatic carbocycles. The number of aryl methyl sites for hydroxylation is 1. The first kappa shape index (κ1) is 23.4. The van der Waals surface area contributed by atoms with Crippen molar-refractivity contribution in [2.75, 3.05) is 5.75 Å². The zero-order chi connectivity index (χ0) is 22.4. The Morgan fingerprint density at radius 2 is 1.80 bits per heavy atom. The molecule has 1 amide bonds. The highest BCUT2D eigenvalue weighted by atomic mass is 32.3. The number of carbonyl (C=O) groups is 1. The molecular formula is C24H39NO4S. The first-order chi connectivity index (χ1) is 13.8. The second kappa shape index (κ2) is 8.03. The summed E-state index contributed by atoms with van der Waals surface area (Å²) in [6.07, 6.45) is 3.75. The zero-order valence-electron chi connectivity index (χ0n) is 19.9. The maximum absolute atomic E-state index is 12.4. The van der Waals surface area contributed by atoms with Crippen molar-refractivity contribution in [1.29, 1.82) is 0 Å². The number of alkyl carbamates (subject to hydrolysis) is 1. The number of hydrogen-bond acceptors (Lipinski definition) is 4. The molecule has 170 valence electrons. The minimum absolute atomic E-state index is 0.0303. The summed E-state index contributed by atoms with van der Waals surface area (Å²) in [5.41, 5.74) is 1.25. The van der Waals surface area contributed by atoms with E-state index in [0.717, 1.165) is 36.3 Å². The van der Waals surface area contributed by atoms with Gasteiger partial charge in [0.1, 0.15) is 16.8 Å². The molecule has 1 saturated heterocycles. The lowest BCUT2D eigenvalue weighted by molar-refractivity contribution is 0.00578. The van der Waals surface area contributed by atoms with E-state index in [-0.39, 0.29) is 23.3 Å². The highest BCUT2D eigenvalue weighted by molar-refractivity contribution is 8.26. The molecule has 0 bridgehead atoms. The summed E-state index contributed by atoms with van der Waals surface area (Å²) < 4.78 is 18.7. The van der Waals surface area contributed by atoms with Gasteiger partial charge in [-0.05, 0) is 97.9 Å². The number of benzene rings is 1. The summed E-state index contributed by atoms with van der Waals surface area (Å²) in [4.78, 5) is 13.5.